The molecule has 0 amide bonds. The van der Waals surface area contributed by atoms with Gasteiger partial charge in [-0.15, -0.1) is 0 Å². The van der Waals surface area contributed by atoms with Gasteiger partial charge in [-0.2, -0.15) is 0 Å². The van der Waals surface area contributed by atoms with Crippen molar-refractivity contribution < 1.29 is 47.8 Å². The minimum absolute atomic E-state index is 0.169. The summed E-state index contributed by atoms with van der Waals surface area (Å²) in [6, 6.07) is 0. The van der Waals surface area contributed by atoms with Crippen molar-refractivity contribution in [2.75, 3.05) is 26.4 Å². The van der Waals surface area contributed by atoms with Crippen LogP contribution in [0.3, 0.4) is 0 Å². The van der Waals surface area contributed by atoms with E-state index in [1.165, 1.54) is 122 Å². The lowest BCUT2D eigenvalue weighted by molar-refractivity contribution is -0.161. The first-order chi connectivity index (χ1) is 27.7. The van der Waals surface area contributed by atoms with E-state index in [-0.39, 0.29) is 19.4 Å². The van der Waals surface area contributed by atoms with Gasteiger partial charge in [0.05, 0.1) is 19.8 Å². The van der Waals surface area contributed by atoms with Crippen molar-refractivity contribution in [3.05, 3.63) is 24.3 Å². The molecule has 11 heteroatoms. The number of phosphoric acid groups is 1. The Labute approximate surface area is 348 Å². The number of ether oxygens (including phenoxy) is 2. The zero-order valence-electron chi connectivity index (χ0n) is 36.6. The highest BCUT2D eigenvalue weighted by Crippen LogP contribution is 2.43. The molecule has 0 aliphatic carbocycles. The number of allylic oxidation sites excluding steroid dienone is 4. The van der Waals surface area contributed by atoms with Gasteiger partial charge in [-0.05, 0) is 38.5 Å². The van der Waals surface area contributed by atoms with Gasteiger partial charge >= 0.3 is 19.8 Å². The molecular weight excluding hydrogens is 743 g/mol. The molecule has 0 heterocycles. The molecule has 0 aromatic carbocycles. The van der Waals surface area contributed by atoms with Gasteiger partial charge in [-0.25, -0.2) is 4.57 Å². The average molecular weight is 831 g/mol. The van der Waals surface area contributed by atoms with Crippen molar-refractivity contribution in [1.82, 2.24) is 0 Å². The standard InChI is InChI=1S/C46H87O10P/c1-3-5-7-9-11-13-15-17-19-20-21-22-24-25-27-29-31-33-35-37-45(49)53-41-44(42-55-57(51,52)54-40-43(48)39-47)56-46(50)38-36-34-32-30-28-26-23-18-16-14-12-10-8-6-4-2/h14,16,18,23,43-44,47-48H,3-13,15,17,19-22,24-42H2,1-2H3,(H,51,52)/b16-14+,23-18+/t43-,44+/m0/s1. The normalized spacial score (nSPS) is 14.0. The lowest BCUT2D eigenvalue weighted by Gasteiger charge is -2.20. The molecule has 0 radical (unpaired) electrons. The van der Waals surface area contributed by atoms with Crippen molar-refractivity contribution in [3.8, 4) is 0 Å². The van der Waals surface area contributed by atoms with E-state index in [1.54, 1.807) is 0 Å². The Morgan fingerprint density at radius 1 is 0.526 bits per heavy atom. The van der Waals surface area contributed by atoms with Gasteiger partial charge in [0.2, 0.25) is 0 Å². The van der Waals surface area contributed by atoms with E-state index in [1.807, 2.05) is 0 Å². The van der Waals surface area contributed by atoms with Gasteiger partial charge in [0.25, 0.3) is 0 Å². The monoisotopic (exact) mass is 831 g/mol. The Hall–Kier alpha value is -1.55. The number of esters is 2. The second kappa shape index (κ2) is 42.6. The van der Waals surface area contributed by atoms with E-state index in [2.05, 4.69) is 38.2 Å². The van der Waals surface area contributed by atoms with Crippen molar-refractivity contribution in [2.24, 2.45) is 0 Å². The highest BCUT2D eigenvalue weighted by Gasteiger charge is 2.27. The molecule has 0 fully saturated rings. The first-order valence-electron chi connectivity index (χ1n) is 23.3. The summed E-state index contributed by atoms with van der Waals surface area (Å²) in [4.78, 5) is 35.0. The molecule has 0 aromatic heterocycles. The molecule has 0 aliphatic rings. The summed E-state index contributed by atoms with van der Waals surface area (Å²) in [5.41, 5.74) is 0. The van der Waals surface area contributed by atoms with Crippen LogP contribution < -0.4 is 0 Å². The second-order valence-corrected chi connectivity index (χ2v) is 17.3. The number of hydrogen-bond donors (Lipinski definition) is 3. The predicted molar refractivity (Wildman–Crippen MR) is 233 cm³/mol. The summed E-state index contributed by atoms with van der Waals surface area (Å²) < 4.78 is 32.8. The lowest BCUT2D eigenvalue weighted by atomic mass is 10.0. The van der Waals surface area contributed by atoms with Gasteiger partial charge in [0, 0.05) is 12.8 Å². The molecule has 0 spiro atoms. The third kappa shape index (κ3) is 42.4. The smallest absolute Gasteiger partial charge is 0.462 e. The molecule has 3 N–H and O–H groups in total. The largest absolute Gasteiger partial charge is 0.472 e. The zero-order chi connectivity index (χ0) is 41.9. The van der Waals surface area contributed by atoms with Crippen molar-refractivity contribution in [2.45, 2.75) is 232 Å². The molecule has 0 bridgehead atoms. The van der Waals surface area contributed by atoms with Crippen LogP contribution in [0.25, 0.3) is 0 Å². The maximum atomic E-state index is 12.6. The Bertz CT molecular complexity index is 1000. The topological polar surface area (TPSA) is 149 Å². The summed E-state index contributed by atoms with van der Waals surface area (Å²) >= 11 is 0. The maximum Gasteiger partial charge on any atom is 0.472 e. The van der Waals surface area contributed by atoms with Gasteiger partial charge in [0.15, 0.2) is 6.10 Å². The van der Waals surface area contributed by atoms with Gasteiger partial charge in [-0.1, -0.05) is 192 Å². The van der Waals surface area contributed by atoms with E-state index in [0.717, 1.165) is 57.8 Å². The van der Waals surface area contributed by atoms with Gasteiger partial charge < -0.3 is 24.6 Å². The minimum atomic E-state index is -4.62. The summed E-state index contributed by atoms with van der Waals surface area (Å²) in [6.07, 6.45) is 42.8. The maximum absolute atomic E-state index is 12.6. The molecule has 0 saturated carbocycles. The molecular formula is C46H87O10P. The molecule has 57 heavy (non-hydrogen) atoms. The van der Waals surface area contributed by atoms with Crippen LogP contribution in [0, 0.1) is 0 Å². The first-order valence-corrected chi connectivity index (χ1v) is 24.8. The van der Waals surface area contributed by atoms with Crippen LogP contribution >= 0.6 is 7.82 Å². The number of aliphatic hydroxyl groups excluding tert-OH is 2. The highest BCUT2D eigenvalue weighted by molar-refractivity contribution is 7.47. The Kier molecular flexibility index (Phi) is 41.4. The molecule has 1 unspecified atom stereocenters. The summed E-state index contributed by atoms with van der Waals surface area (Å²) in [5, 5.41) is 18.3. The number of aliphatic hydroxyl groups is 2. The van der Waals surface area contributed by atoms with Crippen LogP contribution in [0.5, 0.6) is 0 Å². The second-order valence-electron chi connectivity index (χ2n) is 15.8. The summed E-state index contributed by atoms with van der Waals surface area (Å²) in [6.45, 7) is 2.37. The van der Waals surface area contributed by atoms with E-state index in [4.69, 9.17) is 23.6 Å². The van der Waals surface area contributed by atoms with E-state index < -0.39 is 51.8 Å². The quantitative estimate of drug-likeness (QED) is 0.0234. The van der Waals surface area contributed by atoms with Crippen LogP contribution in [-0.4, -0.2) is 65.7 Å². The van der Waals surface area contributed by atoms with Crippen molar-refractivity contribution in [3.63, 3.8) is 0 Å². The Morgan fingerprint density at radius 2 is 0.895 bits per heavy atom. The van der Waals surface area contributed by atoms with Gasteiger partial charge in [0.1, 0.15) is 12.7 Å². The Balaban J connectivity index is 4.22. The molecule has 10 nitrogen and oxygen atoms in total. The first kappa shape index (κ1) is 55.5. The Morgan fingerprint density at radius 3 is 1.33 bits per heavy atom. The van der Waals surface area contributed by atoms with Crippen LogP contribution in [0.4, 0.5) is 0 Å². The van der Waals surface area contributed by atoms with Crippen molar-refractivity contribution in [1.29, 1.82) is 0 Å². The summed E-state index contributed by atoms with van der Waals surface area (Å²) in [5.74, 6) is -0.932. The molecule has 0 saturated heterocycles. The molecule has 3 atom stereocenters. The molecule has 0 aromatic rings. The fourth-order valence-corrected chi connectivity index (χ4v) is 7.30. The van der Waals surface area contributed by atoms with E-state index in [9.17, 15) is 24.2 Å². The van der Waals surface area contributed by atoms with E-state index in [0.29, 0.717) is 12.8 Å². The number of unbranched alkanes of at least 4 members (excludes halogenated alkanes) is 27. The number of carbonyl (C=O) groups is 2. The fourth-order valence-electron chi connectivity index (χ4n) is 6.51. The average Bonchev–Trinajstić information content (AvgIpc) is 3.20. The highest BCUT2D eigenvalue weighted by atomic mass is 31.2. The van der Waals surface area contributed by atoms with Crippen LogP contribution in [-0.2, 0) is 32.7 Å². The van der Waals surface area contributed by atoms with Crippen LogP contribution in [0.1, 0.15) is 219 Å². The summed E-state index contributed by atoms with van der Waals surface area (Å²) in [7, 11) is -4.62. The van der Waals surface area contributed by atoms with Gasteiger partial charge in [-0.3, -0.25) is 18.6 Å². The predicted octanol–water partition coefficient (Wildman–Crippen LogP) is 12.6. The lowest BCUT2D eigenvalue weighted by Crippen LogP contribution is -2.29. The minimum Gasteiger partial charge on any atom is -0.462 e. The number of rotatable bonds is 44. The number of hydrogen-bond acceptors (Lipinski definition) is 9. The zero-order valence-corrected chi connectivity index (χ0v) is 37.5. The molecule has 336 valence electrons. The number of carbonyl (C=O) groups excluding carboxylic acids is 2. The third-order valence-electron chi connectivity index (χ3n) is 10.1. The SMILES string of the molecule is CCCCCC/C=C/C=C/CCCCCCCC(=O)O[C@H](COC(=O)CCCCCCCCCCCCCCCCCCCCC)COP(=O)(O)OC[C@@H](O)CO. The van der Waals surface area contributed by atoms with Crippen molar-refractivity contribution >= 4 is 19.8 Å². The fraction of sp³-hybridized carbons (Fsp3) is 0.870. The van der Waals surface area contributed by atoms with Crippen LogP contribution in [0.15, 0.2) is 24.3 Å². The molecule has 0 rings (SSSR count). The van der Waals surface area contributed by atoms with E-state index >= 15 is 0 Å². The third-order valence-corrected chi connectivity index (χ3v) is 11.1. The number of phosphoric ester groups is 1. The molecule has 0 aliphatic heterocycles. The van der Waals surface area contributed by atoms with Crippen LogP contribution in [0.2, 0.25) is 0 Å².